The van der Waals surface area contributed by atoms with Crippen LogP contribution in [0.25, 0.3) is 0 Å². The Bertz CT molecular complexity index is 720. The minimum atomic E-state index is -3.67. The summed E-state index contributed by atoms with van der Waals surface area (Å²) in [4.78, 5) is 3.94. The van der Waals surface area contributed by atoms with E-state index in [0.717, 1.165) is 4.47 Å². The Labute approximate surface area is 136 Å². The summed E-state index contributed by atoms with van der Waals surface area (Å²) in [7, 11) is -3.67. The number of anilines is 1. The molecule has 0 spiro atoms. The van der Waals surface area contributed by atoms with E-state index in [-0.39, 0.29) is 4.90 Å². The number of benzene rings is 1. The molecule has 1 N–H and O–H groups in total. The van der Waals surface area contributed by atoms with Gasteiger partial charge < -0.3 is 0 Å². The number of rotatable bonds is 3. The zero-order valence-electron chi connectivity index (χ0n) is 9.27. The summed E-state index contributed by atoms with van der Waals surface area (Å²) in [6, 6.07) is 6.72. The maximum Gasteiger partial charge on any atom is 0.263 e. The fraction of sp³-hybridized carbons (Fsp3) is 0. The third-order valence-corrected chi connectivity index (χ3v) is 5.11. The van der Waals surface area contributed by atoms with Crippen molar-refractivity contribution in [2.75, 3.05) is 4.72 Å². The van der Waals surface area contributed by atoms with Gasteiger partial charge >= 0.3 is 0 Å². The van der Waals surface area contributed by atoms with Crippen LogP contribution in [-0.4, -0.2) is 13.4 Å². The number of nitrogens with one attached hydrogen (secondary N) is 1. The maximum atomic E-state index is 12.2. The van der Waals surface area contributed by atoms with E-state index in [1.165, 1.54) is 18.5 Å². The lowest BCUT2D eigenvalue weighted by molar-refractivity contribution is 0.600. The number of hydrogen-bond donors (Lipinski definition) is 1. The van der Waals surface area contributed by atoms with E-state index in [0.29, 0.717) is 14.6 Å². The maximum absolute atomic E-state index is 12.2. The predicted molar refractivity (Wildman–Crippen MR) is 84.6 cm³/mol. The molecule has 0 saturated heterocycles. The third-order valence-electron chi connectivity index (χ3n) is 2.16. The van der Waals surface area contributed by atoms with Crippen molar-refractivity contribution in [3.63, 3.8) is 0 Å². The Morgan fingerprint density at radius 3 is 2.42 bits per heavy atom. The van der Waals surface area contributed by atoms with Crippen molar-refractivity contribution in [2.24, 2.45) is 0 Å². The molecule has 0 saturated carbocycles. The van der Waals surface area contributed by atoms with Crippen LogP contribution in [0.1, 0.15) is 0 Å². The molecule has 1 aromatic heterocycles. The number of nitrogens with zero attached hydrogens (tertiary/aromatic N) is 1. The minimum absolute atomic E-state index is 0.0914. The normalized spacial score (nSPS) is 11.3. The summed E-state index contributed by atoms with van der Waals surface area (Å²) in [5, 5.41) is 0. The van der Waals surface area contributed by atoms with E-state index in [1.807, 2.05) is 6.07 Å². The van der Waals surface area contributed by atoms with Crippen molar-refractivity contribution >= 4 is 63.5 Å². The average molecular weight is 471 g/mol. The first kappa shape index (κ1) is 15.0. The molecule has 0 bridgehead atoms. The second-order valence-corrected chi connectivity index (χ2v) is 7.94. The van der Waals surface area contributed by atoms with Gasteiger partial charge in [-0.15, -0.1) is 0 Å². The lowest BCUT2D eigenvalue weighted by atomic mass is 10.3. The third kappa shape index (κ3) is 3.77. The van der Waals surface area contributed by atoms with Crippen LogP contribution in [0.4, 0.5) is 5.69 Å². The van der Waals surface area contributed by atoms with Gasteiger partial charge in [0.1, 0.15) is 4.90 Å². The van der Waals surface area contributed by atoms with Gasteiger partial charge in [-0.2, -0.15) is 0 Å². The molecule has 100 valence electrons. The number of aromatic nitrogens is 1. The summed E-state index contributed by atoms with van der Waals surface area (Å²) in [5.74, 6) is 0. The van der Waals surface area contributed by atoms with E-state index in [9.17, 15) is 8.42 Å². The molecule has 0 aliphatic heterocycles. The highest BCUT2D eigenvalue weighted by atomic mass is 79.9. The second-order valence-electron chi connectivity index (χ2n) is 3.57. The first-order chi connectivity index (χ1) is 8.88. The molecule has 0 unspecified atom stereocenters. The van der Waals surface area contributed by atoms with Crippen LogP contribution < -0.4 is 4.72 Å². The Morgan fingerprint density at radius 2 is 1.74 bits per heavy atom. The van der Waals surface area contributed by atoms with Gasteiger partial charge in [0.05, 0.1) is 5.69 Å². The fourth-order valence-electron chi connectivity index (χ4n) is 1.32. The summed E-state index contributed by atoms with van der Waals surface area (Å²) < 4.78 is 29.0. The van der Waals surface area contributed by atoms with Gasteiger partial charge in [0.2, 0.25) is 0 Å². The molecular formula is C11H7Br3N2O2S. The monoisotopic (exact) mass is 468 g/mol. The topological polar surface area (TPSA) is 59.1 Å². The van der Waals surface area contributed by atoms with Crippen LogP contribution in [-0.2, 0) is 10.0 Å². The summed E-state index contributed by atoms with van der Waals surface area (Å²) in [5.41, 5.74) is 0.453. The molecule has 0 amide bonds. The zero-order valence-corrected chi connectivity index (χ0v) is 14.8. The molecule has 0 fully saturated rings. The summed E-state index contributed by atoms with van der Waals surface area (Å²) >= 11 is 9.79. The van der Waals surface area contributed by atoms with Gasteiger partial charge in [0, 0.05) is 25.8 Å². The van der Waals surface area contributed by atoms with Gasteiger partial charge in [0.25, 0.3) is 10.0 Å². The first-order valence-corrected chi connectivity index (χ1v) is 8.83. The largest absolute Gasteiger partial charge is 0.278 e. The lowest BCUT2D eigenvalue weighted by Gasteiger charge is -2.10. The highest BCUT2D eigenvalue weighted by Crippen LogP contribution is 2.28. The Hall–Kier alpha value is -0.440. The predicted octanol–water partition coefficient (Wildman–Crippen LogP) is 4.17. The van der Waals surface area contributed by atoms with Crippen LogP contribution in [0.5, 0.6) is 0 Å². The van der Waals surface area contributed by atoms with Crippen molar-refractivity contribution in [3.8, 4) is 0 Å². The van der Waals surface area contributed by atoms with E-state index in [4.69, 9.17) is 0 Å². The van der Waals surface area contributed by atoms with E-state index in [2.05, 4.69) is 57.5 Å². The molecule has 0 atom stereocenters. The molecule has 2 aromatic rings. The number of halogens is 3. The highest BCUT2D eigenvalue weighted by molar-refractivity contribution is 9.11. The van der Waals surface area contributed by atoms with Crippen molar-refractivity contribution in [1.29, 1.82) is 0 Å². The van der Waals surface area contributed by atoms with E-state index in [1.54, 1.807) is 12.1 Å². The molecule has 19 heavy (non-hydrogen) atoms. The van der Waals surface area contributed by atoms with Crippen LogP contribution >= 0.6 is 47.8 Å². The number of pyridine rings is 1. The first-order valence-electron chi connectivity index (χ1n) is 4.97. The van der Waals surface area contributed by atoms with Gasteiger partial charge in [-0.1, -0.05) is 15.9 Å². The second kappa shape index (κ2) is 5.90. The molecule has 1 heterocycles. The van der Waals surface area contributed by atoms with Gasteiger partial charge in [-0.05, 0) is 56.1 Å². The Morgan fingerprint density at radius 1 is 1.00 bits per heavy atom. The van der Waals surface area contributed by atoms with Crippen LogP contribution in [0, 0.1) is 0 Å². The SMILES string of the molecule is O=S(=O)(Nc1cc(Br)ccc1Br)c1cncc(Br)c1. The van der Waals surface area contributed by atoms with Crippen LogP contribution in [0.2, 0.25) is 0 Å². The van der Waals surface area contributed by atoms with Gasteiger partial charge in [-0.3, -0.25) is 9.71 Å². The molecule has 0 radical (unpaired) electrons. The van der Waals surface area contributed by atoms with Crippen molar-refractivity contribution in [2.45, 2.75) is 4.90 Å². The Kier molecular flexibility index (Phi) is 4.65. The van der Waals surface area contributed by atoms with E-state index >= 15 is 0 Å². The highest BCUT2D eigenvalue weighted by Gasteiger charge is 2.16. The van der Waals surface area contributed by atoms with Gasteiger partial charge in [0.15, 0.2) is 0 Å². The molecule has 0 aliphatic carbocycles. The quantitative estimate of drug-likeness (QED) is 0.732. The van der Waals surface area contributed by atoms with Crippen LogP contribution in [0.3, 0.4) is 0 Å². The molecular weight excluding hydrogens is 464 g/mol. The van der Waals surface area contributed by atoms with Crippen molar-refractivity contribution < 1.29 is 8.42 Å². The number of sulfonamides is 1. The minimum Gasteiger partial charge on any atom is -0.278 e. The number of hydrogen-bond acceptors (Lipinski definition) is 3. The van der Waals surface area contributed by atoms with Gasteiger partial charge in [-0.25, -0.2) is 8.42 Å². The standard InChI is InChI=1S/C11H7Br3N2O2S/c12-7-1-2-10(14)11(4-7)16-19(17,18)9-3-8(13)5-15-6-9/h1-6,16H. The van der Waals surface area contributed by atoms with Crippen molar-refractivity contribution in [3.05, 3.63) is 50.1 Å². The average Bonchev–Trinajstić information content (AvgIpc) is 2.33. The summed E-state index contributed by atoms with van der Waals surface area (Å²) in [6.45, 7) is 0. The molecule has 8 heteroatoms. The van der Waals surface area contributed by atoms with E-state index < -0.39 is 10.0 Å². The molecule has 4 nitrogen and oxygen atoms in total. The fourth-order valence-corrected chi connectivity index (χ4v) is 3.73. The Balaban J connectivity index is 2.39. The summed E-state index contributed by atoms with van der Waals surface area (Å²) in [6.07, 6.45) is 2.81. The van der Waals surface area contributed by atoms with Crippen molar-refractivity contribution in [1.82, 2.24) is 4.98 Å². The molecule has 1 aromatic carbocycles. The zero-order chi connectivity index (χ0) is 14.0. The lowest BCUT2D eigenvalue weighted by Crippen LogP contribution is -2.13. The molecule has 0 aliphatic rings. The van der Waals surface area contributed by atoms with Crippen LogP contribution in [0.15, 0.2) is 55.0 Å². The molecule has 2 rings (SSSR count). The smallest absolute Gasteiger partial charge is 0.263 e.